The molecular weight excluding hydrogens is 374 g/mol. The Labute approximate surface area is 165 Å². The molecule has 0 amide bonds. The van der Waals surface area contributed by atoms with Crippen molar-refractivity contribution < 1.29 is 8.42 Å². The number of rotatable bonds is 5. The van der Waals surface area contributed by atoms with Gasteiger partial charge in [-0.05, 0) is 54.8 Å². The van der Waals surface area contributed by atoms with Gasteiger partial charge < -0.3 is 0 Å². The molecule has 4 rings (SSSR count). The van der Waals surface area contributed by atoms with E-state index in [1.807, 2.05) is 31.2 Å². The largest absolute Gasteiger partial charge is 0.240 e. The van der Waals surface area contributed by atoms with Crippen molar-refractivity contribution in [3.8, 4) is 0 Å². The van der Waals surface area contributed by atoms with E-state index in [4.69, 9.17) is 0 Å². The van der Waals surface area contributed by atoms with Crippen LogP contribution in [0.4, 0.5) is 0 Å². The van der Waals surface area contributed by atoms with Gasteiger partial charge in [0.1, 0.15) is 0 Å². The van der Waals surface area contributed by atoms with E-state index < -0.39 is 10.0 Å². The van der Waals surface area contributed by atoms with Crippen molar-refractivity contribution in [1.82, 2.24) is 4.72 Å². The molecule has 1 N–H and O–H groups in total. The van der Waals surface area contributed by atoms with E-state index in [0.717, 1.165) is 24.8 Å². The van der Waals surface area contributed by atoms with Crippen LogP contribution in [0.2, 0.25) is 0 Å². The Hall–Kier alpha value is -1.82. The van der Waals surface area contributed by atoms with Crippen molar-refractivity contribution >= 4 is 32.6 Å². The van der Waals surface area contributed by atoms with Crippen LogP contribution in [0.15, 0.2) is 76.5 Å². The molecule has 3 aromatic rings. The third-order valence-electron chi connectivity index (χ3n) is 5.10. The SMILES string of the molecule is Cc1ccc(S(=O)(=O)N[C@@H]2CCC[C@H]2Sc2ccc3ccccc3c2)cc1. The van der Waals surface area contributed by atoms with Gasteiger partial charge in [-0.3, -0.25) is 0 Å². The molecule has 1 aliphatic rings. The molecule has 1 fully saturated rings. The predicted molar refractivity (Wildman–Crippen MR) is 113 cm³/mol. The fraction of sp³-hybridized carbons (Fsp3) is 0.273. The standard InChI is InChI=1S/C22H23NO2S2/c1-16-9-13-20(14-10-16)27(24,25)23-21-7-4-8-22(21)26-19-12-11-17-5-2-3-6-18(17)15-19/h2-3,5-6,9-15,21-23H,4,7-8H2,1H3/t21-,22-/m1/s1. The molecule has 0 radical (unpaired) electrons. The molecule has 0 saturated heterocycles. The summed E-state index contributed by atoms with van der Waals surface area (Å²) in [7, 11) is -3.48. The molecule has 5 heteroatoms. The molecule has 3 aromatic carbocycles. The van der Waals surface area contributed by atoms with E-state index in [2.05, 4.69) is 35.1 Å². The maximum Gasteiger partial charge on any atom is 0.240 e. The lowest BCUT2D eigenvalue weighted by atomic mass is 10.1. The van der Waals surface area contributed by atoms with Gasteiger partial charge in [-0.15, -0.1) is 11.8 Å². The Morgan fingerprint density at radius 2 is 1.67 bits per heavy atom. The first-order chi connectivity index (χ1) is 13.0. The van der Waals surface area contributed by atoms with Crippen molar-refractivity contribution in [3.05, 3.63) is 72.3 Å². The molecule has 1 saturated carbocycles. The van der Waals surface area contributed by atoms with Crippen LogP contribution < -0.4 is 4.72 Å². The Morgan fingerprint density at radius 1 is 0.926 bits per heavy atom. The van der Waals surface area contributed by atoms with E-state index in [9.17, 15) is 8.42 Å². The van der Waals surface area contributed by atoms with Crippen LogP contribution in [-0.4, -0.2) is 19.7 Å². The monoisotopic (exact) mass is 397 g/mol. The van der Waals surface area contributed by atoms with Crippen LogP contribution in [0.25, 0.3) is 10.8 Å². The summed E-state index contributed by atoms with van der Waals surface area (Å²) in [5.41, 5.74) is 1.06. The Kier molecular flexibility index (Phi) is 5.26. The number of sulfonamides is 1. The summed E-state index contributed by atoms with van der Waals surface area (Å²) in [4.78, 5) is 1.54. The Bertz CT molecular complexity index is 1050. The molecular formula is C22H23NO2S2. The number of hydrogen-bond acceptors (Lipinski definition) is 3. The van der Waals surface area contributed by atoms with Crippen molar-refractivity contribution in [2.45, 2.75) is 47.3 Å². The zero-order valence-electron chi connectivity index (χ0n) is 15.3. The Balaban J connectivity index is 1.50. The first-order valence-electron chi connectivity index (χ1n) is 9.26. The third-order valence-corrected chi connectivity index (χ3v) is 8.00. The minimum atomic E-state index is -3.48. The molecule has 0 aliphatic heterocycles. The third kappa shape index (κ3) is 4.21. The smallest absolute Gasteiger partial charge is 0.207 e. The van der Waals surface area contributed by atoms with E-state index >= 15 is 0 Å². The van der Waals surface area contributed by atoms with Crippen molar-refractivity contribution in [2.24, 2.45) is 0 Å². The molecule has 0 unspecified atom stereocenters. The first-order valence-corrected chi connectivity index (χ1v) is 11.6. The summed E-state index contributed by atoms with van der Waals surface area (Å²) in [6, 6.07) is 21.8. The van der Waals surface area contributed by atoms with Crippen LogP contribution in [0.1, 0.15) is 24.8 Å². The lowest BCUT2D eigenvalue weighted by Crippen LogP contribution is -2.38. The molecule has 1 aliphatic carbocycles. The second-order valence-electron chi connectivity index (χ2n) is 7.14. The van der Waals surface area contributed by atoms with Gasteiger partial charge in [0, 0.05) is 16.2 Å². The quantitative estimate of drug-likeness (QED) is 0.648. The zero-order chi connectivity index (χ0) is 18.9. The highest BCUT2D eigenvalue weighted by Crippen LogP contribution is 2.36. The highest BCUT2D eigenvalue weighted by molar-refractivity contribution is 8.00. The van der Waals surface area contributed by atoms with Gasteiger partial charge in [-0.25, -0.2) is 13.1 Å². The molecule has 140 valence electrons. The summed E-state index contributed by atoms with van der Waals surface area (Å²) >= 11 is 1.79. The van der Waals surface area contributed by atoms with Crippen molar-refractivity contribution in [1.29, 1.82) is 0 Å². The minimum absolute atomic E-state index is 0.0345. The van der Waals surface area contributed by atoms with Crippen LogP contribution >= 0.6 is 11.8 Å². The average Bonchev–Trinajstić information content (AvgIpc) is 3.08. The maximum atomic E-state index is 12.8. The maximum absolute atomic E-state index is 12.8. The summed E-state index contributed by atoms with van der Waals surface area (Å²) in [6.45, 7) is 1.96. The van der Waals surface area contributed by atoms with Gasteiger partial charge in [0.25, 0.3) is 0 Å². The van der Waals surface area contributed by atoms with E-state index in [-0.39, 0.29) is 11.3 Å². The molecule has 0 aromatic heterocycles. The zero-order valence-corrected chi connectivity index (χ0v) is 16.9. The fourth-order valence-electron chi connectivity index (χ4n) is 3.60. The highest BCUT2D eigenvalue weighted by atomic mass is 32.2. The summed E-state index contributed by atoms with van der Waals surface area (Å²) in [5.74, 6) is 0. The molecule has 3 nitrogen and oxygen atoms in total. The van der Waals surface area contributed by atoms with Crippen molar-refractivity contribution in [3.63, 3.8) is 0 Å². The second kappa shape index (κ2) is 7.66. The average molecular weight is 398 g/mol. The van der Waals surface area contributed by atoms with Crippen LogP contribution in [0.3, 0.4) is 0 Å². The Morgan fingerprint density at radius 3 is 2.44 bits per heavy atom. The molecule has 27 heavy (non-hydrogen) atoms. The van der Waals surface area contributed by atoms with Gasteiger partial charge in [-0.1, -0.05) is 54.4 Å². The van der Waals surface area contributed by atoms with E-state index in [0.29, 0.717) is 4.90 Å². The number of aryl methyl sites for hydroxylation is 1. The molecule has 0 spiro atoms. The normalized spacial score (nSPS) is 20.2. The number of fused-ring (bicyclic) bond motifs is 1. The van der Waals surface area contributed by atoms with Crippen LogP contribution in [0, 0.1) is 6.92 Å². The van der Waals surface area contributed by atoms with Gasteiger partial charge in [-0.2, -0.15) is 0 Å². The van der Waals surface area contributed by atoms with Crippen LogP contribution in [-0.2, 0) is 10.0 Å². The summed E-state index contributed by atoms with van der Waals surface area (Å²) in [5, 5.41) is 2.70. The number of hydrogen-bond donors (Lipinski definition) is 1. The lowest BCUT2D eigenvalue weighted by Gasteiger charge is -2.21. The van der Waals surface area contributed by atoms with E-state index in [1.54, 1.807) is 23.9 Å². The highest BCUT2D eigenvalue weighted by Gasteiger charge is 2.32. The number of thioether (sulfide) groups is 1. The van der Waals surface area contributed by atoms with Gasteiger partial charge in [0.05, 0.1) is 4.90 Å². The number of benzene rings is 3. The van der Waals surface area contributed by atoms with Gasteiger partial charge in [0.15, 0.2) is 0 Å². The van der Waals surface area contributed by atoms with Gasteiger partial charge >= 0.3 is 0 Å². The fourth-order valence-corrected chi connectivity index (χ4v) is 6.34. The first kappa shape index (κ1) is 18.5. The molecule has 2 atom stereocenters. The van der Waals surface area contributed by atoms with Gasteiger partial charge in [0.2, 0.25) is 10.0 Å². The summed E-state index contributed by atoms with van der Waals surface area (Å²) < 4.78 is 28.5. The molecule has 0 heterocycles. The van der Waals surface area contributed by atoms with Crippen LogP contribution in [0.5, 0.6) is 0 Å². The topological polar surface area (TPSA) is 46.2 Å². The summed E-state index contributed by atoms with van der Waals surface area (Å²) in [6.07, 6.45) is 2.96. The minimum Gasteiger partial charge on any atom is -0.207 e. The van der Waals surface area contributed by atoms with Crippen molar-refractivity contribution in [2.75, 3.05) is 0 Å². The molecule has 0 bridgehead atoms. The predicted octanol–water partition coefficient (Wildman–Crippen LogP) is 5.14. The lowest BCUT2D eigenvalue weighted by molar-refractivity contribution is 0.555. The number of nitrogens with one attached hydrogen (secondary N) is 1. The van der Waals surface area contributed by atoms with E-state index in [1.165, 1.54) is 15.7 Å². The second-order valence-corrected chi connectivity index (χ2v) is 10.2.